The van der Waals surface area contributed by atoms with Crippen LogP contribution >= 0.6 is 0 Å². The first-order valence-electron chi connectivity index (χ1n) is 12.7. The Kier molecular flexibility index (Phi) is 12.2. The Balaban J connectivity index is 2.00. The van der Waals surface area contributed by atoms with Gasteiger partial charge in [0.15, 0.2) is 11.6 Å². The minimum atomic E-state index is -4.79. The van der Waals surface area contributed by atoms with Crippen LogP contribution in [0.15, 0.2) is 36.4 Å². The van der Waals surface area contributed by atoms with E-state index in [1.54, 1.807) is 12.1 Å². The third-order valence-electron chi connectivity index (χ3n) is 6.00. The van der Waals surface area contributed by atoms with Gasteiger partial charge in [-0.25, -0.2) is 9.18 Å². The second-order valence-corrected chi connectivity index (χ2v) is 8.95. The second kappa shape index (κ2) is 14.8. The van der Waals surface area contributed by atoms with Crippen LogP contribution in [-0.4, -0.2) is 18.4 Å². The summed E-state index contributed by atoms with van der Waals surface area (Å²) in [6.45, 7) is 4.00. The molecule has 1 atom stereocenters. The fourth-order valence-electron chi connectivity index (χ4n) is 3.89. The molecule has 0 aromatic heterocycles. The van der Waals surface area contributed by atoms with E-state index in [0.717, 1.165) is 30.9 Å². The maximum Gasteiger partial charge on any atom is 0.514 e. The highest BCUT2D eigenvalue weighted by atomic mass is 19.4. The summed E-state index contributed by atoms with van der Waals surface area (Å²) < 4.78 is 77.6. The van der Waals surface area contributed by atoms with Gasteiger partial charge in [0, 0.05) is 5.56 Å². The van der Waals surface area contributed by atoms with Crippen LogP contribution in [0.1, 0.15) is 83.6 Å². The molecule has 200 valence electrons. The largest absolute Gasteiger partial charge is 0.514 e. The van der Waals surface area contributed by atoms with E-state index < -0.39 is 42.2 Å². The average molecular weight is 515 g/mol. The van der Waals surface area contributed by atoms with E-state index in [2.05, 4.69) is 16.4 Å². The molecular weight excluding hydrogens is 479 g/mol. The van der Waals surface area contributed by atoms with Gasteiger partial charge in [-0.15, -0.1) is 0 Å². The fourth-order valence-corrected chi connectivity index (χ4v) is 3.89. The van der Waals surface area contributed by atoms with Crippen molar-refractivity contribution < 1.29 is 36.2 Å². The van der Waals surface area contributed by atoms with E-state index in [9.17, 15) is 26.7 Å². The highest BCUT2D eigenvalue weighted by Crippen LogP contribution is 2.32. The van der Waals surface area contributed by atoms with E-state index in [-0.39, 0.29) is 12.0 Å². The average Bonchev–Trinajstić information content (AvgIpc) is 2.84. The van der Waals surface area contributed by atoms with E-state index >= 15 is 0 Å². The molecular formula is C28H35F5O3. The van der Waals surface area contributed by atoms with Gasteiger partial charge in [-0.2, -0.15) is 17.6 Å². The number of aryl methyl sites for hydroxylation is 1. The normalized spacial score (nSPS) is 12.4. The monoisotopic (exact) mass is 514 g/mol. The summed E-state index contributed by atoms with van der Waals surface area (Å²) in [7, 11) is 0. The minimum absolute atomic E-state index is 0.0490. The van der Waals surface area contributed by atoms with Crippen molar-refractivity contribution >= 4 is 6.16 Å². The smallest absolute Gasteiger partial charge is 0.421 e. The first-order chi connectivity index (χ1) is 17.2. The zero-order valence-electron chi connectivity index (χ0n) is 20.9. The molecule has 0 aliphatic heterocycles. The van der Waals surface area contributed by atoms with Gasteiger partial charge in [-0.1, -0.05) is 83.1 Å². The van der Waals surface area contributed by atoms with E-state index in [1.807, 2.05) is 19.1 Å². The summed E-state index contributed by atoms with van der Waals surface area (Å²) in [4.78, 5) is 11.9. The molecule has 0 spiro atoms. The molecule has 0 radical (unpaired) electrons. The van der Waals surface area contributed by atoms with Crippen LogP contribution in [0.3, 0.4) is 0 Å². The van der Waals surface area contributed by atoms with Gasteiger partial charge in [0.2, 0.25) is 11.9 Å². The predicted octanol–water partition coefficient (Wildman–Crippen LogP) is 9.56. The van der Waals surface area contributed by atoms with Gasteiger partial charge in [-0.3, -0.25) is 0 Å². The van der Waals surface area contributed by atoms with Crippen molar-refractivity contribution in [3.8, 4) is 16.9 Å². The molecule has 0 fully saturated rings. The summed E-state index contributed by atoms with van der Waals surface area (Å²) in [5, 5.41) is 0. The summed E-state index contributed by atoms with van der Waals surface area (Å²) in [5.41, 5.74) is 1.48. The van der Waals surface area contributed by atoms with Crippen LogP contribution < -0.4 is 4.74 Å². The predicted molar refractivity (Wildman–Crippen MR) is 130 cm³/mol. The Morgan fingerprint density at radius 2 is 1.42 bits per heavy atom. The van der Waals surface area contributed by atoms with Crippen LogP contribution in [0, 0.1) is 11.6 Å². The summed E-state index contributed by atoms with van der Waals surface area (Å²) >= 11 is 0. The molecule has 0 bridgehead atoms. The summed E-state index contributed by atoms with van der Waals surface area (Å²) in [6.07, 6.45) is 0.0707. The van der Waals surface area contributed by atoms with Crippen LogP contribution in [0.25, 0.3) is 11.1 Å². The molecule has 0 amide bonds. The van der Waals surface area contributed by atoms with Gasteiger partial charge in [0.25, 0.3) is 0 Å². The number of benzene rings is 2. The van der Waals surface area contributed by atoms with Gasteiger partial charge >= 0.3 is 12.3 Å². The Hall–Kier alpha value is -2.64. The van der Waals surface area contributed by atoms with E-state index in [4.69, 9.17) is 0 Å². The molecule has 1 unspecified atom stereocenters. The van der Waals surface area contributed by atoms with E-state index in [1.165, 1.54) is 31.7 Å². The standard InChI is InChI=1S/C28H35F5O3/c1-3-5-7-8-9-11-12-20-14-16-21(17-15-20)22-18-19-23(26(30)25(22)29)35-27(34)36-24(28(31,32)33)13-10-6-4-2/h14-19,24H,3-13H2,1-2H3. The van der Waals surface area contributed by atoms with Gasteiger partial charge in [0.1, 0.15) is 0 Å². The lowest BCUT2D eigenvalue weighted by molar-refractivity contribution is -0.208. The molecule has 2 aromatic carbocycles. The number of carbonyl (C=O) groups excluding carboxylic acids is 1. The molecule has 0 aliphatic carbocycles. The maximum atomic E-state index is 14.7. The number of rotatable bonds is 14. The quantitative estimate of drug-likeness (QED) is 0.109. The van der Waals surface area contributed by atoms with Crippen LogP contribution in [-0.2, 0) is 11.2 Å². The summed E-state index contributed by atoms with van der Waals surface area (Å²) in [5.74, 6) is -3.58. The van der Waals surface area contributed by atoms with Gasteiger partial charge in [-0.05, 0) is 48.9 Å². The molecule has 2 aromatic rings. The molecule has 0 saturated carbocycles. The molecule has 0 heterocycles. The molecule has 0 aliphatic rings. The lowest BCUT2D eigenvalue weighted by Crippen LogP contribution is -2.34. The molecule has 36 heavy (non-hydrogen) atoms. The van der Waals surface area contributed by atoms with Crippen LogP contribution in [0.4, 0.5) is 26.7 Å². The minimum Gasteiger partial charge on any atom is -0.421 e. The first-order valence-corrected chi connectivity index (χ1v) is 12.7. The lowest BCUT2D eigenvalue weighted by Gasteiger charge is -2.20. The highest BCUT2D eigenvalue weighted by Gasteiger charge is 2.43. The molecule has 8 heteroatoms. The summed E-state index contributed by atoms with van der Waals surface area (Å²) in [6, 6.07) is 9.30. The van der Waals surface area contributed by atoms with Crippen molar-refractivity contribution in [3.05, 3.63) is 53.6 Å². The van der Waals surface area contributed by atoms with Crippen LogP contribution in [0.2, 0.25) is 0 Å². The van der Waals surface area contributed by atoms with Crippen molar-refractivity contribution in [1.82, 2.24) is 0 Å². The Labute approximate surface area is 210 Å². The van der Waals surface area contributed by atoms with E-state index in [0.29, 0.717) is 18.4 Å². The Bertz CT molecular complexity index is 941. The number of hydrogen-bond donors (Lipinski definition) is 0. The maximum absolute atomic E-state index is 14.7. The highest BCUT2D eigenvalue weighted by molar-refractivity contribution is 5.68. The third kappa shape index (κ3) is 9.43. The van der Waals surface area contributed by atoms with Gasteiger partial charge < -0.3 is 9.47 Å². The van der Waals surface area contributed by atoms with Crippen molar-refractivity contribution in [2.45, 2.75) is 96.8 Å². The van der Waals surface area contributed by atoms with Crippen molar-refractivity contribution in [2.24, 2.45) is 0 Å². The number of hydrogen-bond acceptors (Lipinski definition) is 3. The lowest BCUT2D eigenvalue weighted by atomic mass is 10.00. The topological polar surface area (TPSA) is 35.5 Å². The number of unbranched alkanes of at least 4 members (excludes halogenated alkanes) is 7. The number of alkyl halides is 3. The molecule has 3 nitrogen and oxygen atoms in total. The molecule has 0 saturated heterocycles. The van der Waals surface area contributed by atoms with Gasteiger partial charge in [0.05, 0.1) is 0 Å². The van der Waals surface area contributed by atoms with Crippen molar-refractivity contribution in [3.63, 3.8) is 0 Å². The Morgan fingerprint density at radius 1 is 0.806 bits per heavy atom. The second-order valence-electron chi connectivity index (χ2n) is 8.95. The number of ether oxygens (including phenoxy) is 2. The van der Waals surface area contributed by atoms with Crippen molar-refractivity contribution in [2.75, 3.05) is 0 Å². The first kappa shape index (κ1) is 29.6. The van der Waals surface area contributed by atoms with Crippen molar-refractivity contribution in [1.29, 1.82) is 0 Å². The zero-order chi connectivity index (χ0) is 26.6. The van der Waals surface area contributed by atoms with Crippen LogP contribution in [0.5, 0.6) is 5.75 Å². The zero-order valence-corrected chi connectivity index (χ0v) is 20.9. The SMILES string of the molecule is CCCCCCCCc1ccc(-c2ccc(OC(=O)OC(CCCCC)C(F)(F)F)c(F)c2F)cc1. The fraction of sp³-hybridized carbons (Fsp3) is 0.536. The third-order valence-corrected chi connectivity index (χ3v) is 6.00. The molecule has 0 N–H and O–H groups in total. The molecule has 2 rings (SSSR count). The Morgan fingerprint density at radius 3 is 2.06 bits per heavy atom. The number of halogens is 5. The number of carbonyl (C=O) groups is 1.